The molecule has 1 aromatic heterocycles. The van der Waals surface area contributed by atoms with Crippen LogP contribution in [0.4, 0.5) is 0 Å². The molecular weight excluding hydrogens is 404 g/mol. The second-order valence-electron chi connectivity index (χ2n) is 6.48. The van der Waals surface area contributed by atoms with E-state index in [2.05, 4.69) is 10.3 Å². The van der Waals surface area contributed by atoms with Crippen molar-refractivity contribution >= 4 is 34.8 Å². The Morgan fingerprint density at radius 3 is 2.52 bits per heavy atom. The van der Waals surface area contributed by atoms with E-state index in [0.29, 0.717) is 17.9 Å². The van der Waals surface area contributed by atoms with Crippen LogP contribution in [0.3, 0.4) is 0 Å². The van der Waals surface area contributed by atoms with Crippen LogP contribution in [0.5, 0.6) is 5.75 Å². The van der Waals surface area contributed by atoms with Crippen LogP contribution in [-0.4, -0.2) is 29.5 Å². The van der Waals surface area contributed by atoms with E-state index in [4.69, 9.17) is 4.74 Å². The van der Waals surface area contributed by atoms with Gasteiger partial charge in [-0.3, -0.25) is 9.59 Å². The number of rotatable bonds is 9. The van der Waals surface area contributed by atoms with E-state index in [-0.39, 0.29) is 18.1 Å². The zero-order valence-electron chi connectivity index (χ0n) is 16.3. The van der Waals surface area contributed by atoms with E-state index in [1.54, 1.807) is 31.4 Å². The topological polar surface area (TPSA) is 68.3 Å². The number of nitrogens with zero attached hydrogens (tertiary/aromatic N) is 1. The zero-order chi connectivity index (χ0) is 20.6. The van der Waals surface area contributed by atoms with E-state index in [1.165, 1.54) is 28.7 Å². The predicted octanol–water partition coefficient (Wildman–Crippen LogP) is 4.29. The Morgan fingerprint density at radius 2 is 1.83 bits per heavy atom. The van der Waals surface area contributed by atoms with Gasteiger partial charge in [0.15, 0.2) is 10.1 Å². The molecular formula is C22H22N2O3S2. The number of hydrogen-bond donors (Lipinski definition) is 1. The molecule has 1 amide bonds. The van der Waals surface area contributed by atoms with Crippen molar-refractivity contribution < 1.29 is 14.3 Å². The highest BCUT2D eigenvalue weighted by atomic mass is 32.2. The van der Waals surface area contributed by atoms with Crippen molar-refractivity contribution in [1.82, 2.24) is 10.3 Å². The number of thioether (sulfide) groups is 1. The summed E-state index contributed by atoms with van der Waals surface area (Å²) in [6, 6.07) is 15.1. The van der Waals surface area contributed by atoms with Crippen molar-refractivity contribution in [3.8, 4) is 5.75 Å². The molecule has 150 valence electrons. The van der Waals surface area contributed by atoms with Crippen LogP contribution in [0.25, 0.3) is 0 Å². The lowest BCUT2D eigenvalue weighted by atomic mass is 10.1. The molecule has 1 heterocycles. The van der Waals surface area contributed by atoms with Crippen molar-refractivity contribution in [2.24, 2.45) is 0 Å². The minimum absolute atomic E-state index is 0.0326. The number of carbonyl (C=O) groups is 2. The Balaban J connectivity index is 1.45. The summed E-state index contributed by atoms with van der Waals surface area (Å²) in [5.74, 6) is 0.991. The van der Waals surface area contributed by atoms with Gasteiger partial charge in [0.1, 0.15) is 5.75 Å². The van der Waals surface area contributed by atoms with Crippen molar-refractivity contribution in [3.63, 3.8) is 0 Å². The molecule has 0 aliphatic rings. The largest absolute Gasteiger partial charge is 0.497 e. The average Bonchev–Trinajstić information content (AvgIpc) is 3.19. The van der Waals surface area contributed by atoms with Crippen molar-refractivity contribution in [2.45, 2.75) is 24.2 Å². The van der Waals surface area contributed by atoms with Gasteiger partial charge in [0.25, 0.3) is 0 Å². The second kappa shape index (κ2) is 10.2. The zero-order valence-corrected chi connectivity index (χ0v) is 17.9. The van der Waals surface area contributed by atoms with Gasteiger partial charge in [-0.15, -0.1) is 11.3 Å². The van der Waals surface area contributed by atoms with Crippen LogP contribution < -0.4 is 10.1 Å². The molecule has 1 N–H and O–H groups in total. The first-order chi connectivity index (χ1) is 14.0. The van der Waals surface area contributed by atoms with Crippen molar-refractivity contribution in [3.05, 3.63) is 76.3 Å². The van der Waals surface area contributed by atoms with E-state index < -0.39 is 0 Å². The third kappa shape index (κ3) is 6.44. The molecule has 0 saturated carbocycles. The van der Waals surface area contributed by atoms with Crippen LogP contribution in [0.1, 0.15) is 27.2 Å². The Hall–Kier alpha value is -2.64. The van der Waals surface area contributed by atoms with Crippen LogP contribution in [-0.2, 0) is 17.8 Å². The van der Waals surface area contributed by atoms with Crippen molar-refractivity contribution in [2.75, 3.05) is 12.9 Å². The maximum Gasteiger partial charge on any atom is 0.226 e. The lowest BCUT2D eigenvalue weighted by molar-refractivity contribution is -0.120. The summed E-state index contributed by atoms with van der Waals surface area (Å²) in [6.45, 7) is 2.53. The van der Waals surface area contributed by atoms with Crippen LogP contribution in [0.15, 0.2) is 58.3 Å². The summed E-state index contributed by atoms with van der Waals surface area (Å²) in [4.78, 5) is 28.9. The summed E-state index contributed by atoms with van der Waals surface area (Å²) in [6.07, 6.45) is 0.231. The summed E-state index contributed by atoms with van der Waals surface area (Å²) in [7, 11) is 1.59. The fraction of sp³-hybridized carbons (Fsp3) is 0.227. The van der Waals surface area contributed by atoms with Crippen LogP contribution >= 0.6 is 23.1 Å². The standard InChI is InChI=1S/C22H22N2O3S2/c1-15-3-5-16(6-4-15)12-23-21(26)11-18-13-28-22(24-18)29-14-20(25)17-7-9-19(27-2)10-8-17/h3-10,13H,11-12,14H2,1-2H3,(H,23,26). The van der Waals surface area contributed by atoms with E-state index in [0.717, 1.165) is 21.3 Å². The van der Waals surface area contributed by atoms with Gasteiger partial charge in [-0.05, 0) is 36.8 Å². The minimum Gasteiger partial charge on any atom is -0.497 e. The van der Waals surface area contributed by atoms with E-state index in [1.807, 2.05) is 36.6 Å². The van der Waals surface area contributed by atoms with E-state index in [9.17, 15) is 9.59 Å². The molecule has 0 spiro atoms. The molecule has 2 aromatic carbocycles. The Kier molecular flexibility index (Phi) is 7.43. The first-order valence-electron chi connectivity index (χ1n) is 9.10. The molecule has 0 bridgehead atoms. The first-order valence-corrected chi connectivity index (χ1v) is 11.0. The lowest BCUT2D eigenvalue weighted by Gasteiger charge is -2.04. The molecule has 0 saturated heterocycles. The van der Waals surface area contributed by atoms with Gasteiger partial charge >= 0.3 is 0 Å². The Morgan fingerprint density at radius 1 is 1.10 bits per heavy atom. The number of methoxy groups -OCH3 is 1. The quantitative estimate of drug-likeness (QED) is 0.408. The van der Waals surface area contributed by atoms with Crippen molar-refractivity contribution in [1.29, 1.82) is 0 Å². The maximum atomic E-state index is 12.3. The van der Waals surface area contributed by atoms with Crippen LogP contribution in [0, 0.1) is 6.92 Å². The fourth-order valence-electron chi connectivity index (χ4n) is 2.56. The maximum absolute atomic E-state index is 12.3. The molecule has 0 unspecified atom stereocenters. The number of aryl methyl sites for hydroxylation is 1. The number of Topliss-reactive ketones (excluding diaryl/α,β-unsaturated/α-hetero) is 1. The van der Waals surface area contributed by atoms with Gasteiger partial charge in [0.05, 0.1) is 25.0 Å². The number of aromatic nitrogens is 1. The van der Waals surface area contributed by atoms with Gasteiger partial charge in [0, 0.05) is 17.5 Å². The van der Waals surface area contributed by atoms with E-state index >= 15 is 0 Å². The number of nitrogens with one attached hydrogen (secondary N) is 1. The monoisotopic (exact) mass is 426 g/mol. The third-order valence-corrected chi connectivity index (χ3v) is 6.29. The molecule has 3 rings (SSSR count). The molecule has 0 radical (unpaired) electrons. The number of ketones is 1. The number of hydrogen-bond acceptors (Lipinski definition) is 6. The molecule has 0 fully saturated rings. The Labute approximate surface area is 178 Å². The minimum atomic E-state index is -0.0678. The average molecular weight is 427 g/mol. The number of thiazole rings is 1. The molecule has 0 aliphatic heterocycles. The Bertz CT molecular complexity index is 966. The highest BCUT2D eigenvalue weighted by Gasteiger charge is 2.11. The smallest absolute Gasteiger partial charge is 0.226 e. The summed E-state index contributed by atoms with van der Waals surface area (Å²) in [5, 5.41) is 4.78. The number of benzene rings is 2. The molecule has 7 heteroatoms. The lowest BCUT2D eigenvalue weighted by Crippen LogP contribution is -2.24. The highest BCUT2D eigenvalue weighted by Crippen LogP contribution is 2.24. The normalized spacial score (nSPS) is 10.6. The molecule has 0 atom stereocenters. The number of carbonyl (C=O) groups excluding carboxylic acids is 2. The fourth-order valence-corrected chi connectivity index (χ4v) is 4.30. The number of amides is 1. The van der Waals surface area contributed by atoms with Gasteiger partial charge in [-0.25, -0.2) is 4.98 Å². The van der Waals surface area contributed by atoms with Gasteiger partial charge in [-0.1, -0.05) is 41.6 Å². The van der Waals surface area contributed by atoms with Gasteiger partial charge < -0.3 is 10.1 Å². The third-order valence-electron chi connectivity index (χ3n) is 4.22. The summed E-state index contributed by atoms with van der Waals surface area (Å²) < 4.78 is 5.89. The predicted molar refractivity (Wildman–Crippen MR) is 117 cm³/mol. The molecule has 0 aliphatic carbocycles. The summed E-state index contributed by atoms with van der Waals surface area (Å²) >= 11 is 2.84. The van der Waals surface area contributed by atoms with Crippen LogP contribution in [0.2, 0.25) is 0 Å². The van der Waals surface area contributed by atoms with Gasteiger partial charge in [0.2, 0.25) is 5.91 Å². The molecule has 29 heavy (non-hydrogen) atoms. The SMILES string of the molecule is COc1ccc(C(=O)CSc2nc(CC(=O)NCc3ccc(C)cc3)cs2)cc1. The molecule has 5 nitrogen and oxygen atoms in total. The highest BCUT2D eigenvalue weighted by molar-refractivity contribution is 8.01. The second-order valence-corrected chi connectivity index (χ2v) is 8.56. The summed E-state index contributed by atoms with van der Waals surface area (Å²) in [5.41, 5.74) is 3.62. The number of ether oxygens (including phenoxy) is 1. The first kappa shape index (κ1) is 21.1. The van der Waals surface area contributed by atoms with Gasteiger partial charge in [-0.2, -0.15) is 0 Å². The molecule has 3 aromatic rings.